The van der Waals surface area contributed by atoms with Crippen LogP contribution in [0.4, 0.5) is 0 Å². The lowest BCUT2D eigenvalue weighted by atomic mass is 10.1. The van der Waals surface area contributed by atoms with Gasteiger partial charge in [-0.25, -0.2) is 4.99 Å². The average molecular weight is 315 g/mol. The number of nitrogens with one attached hydrogen (secondary N) is 2. The number of amides is 2. The minimum absolute atomic E-state index is 0.108. The third kappa shape index (κ3) is 4.84. The molecule has 0 aromatic heterocycles. The molecule has 0 aliphatic carbocycles. The van der Waals surface area contributed by atoms with Crippen molar-refractivity contribution in [1.82, 2.24) is 15.5 Å². The van der Waals surface area contributed by atoms with E-state index in [4.69, 9.17) is 5.73 Å². The molecule has 4 N–H and O–H groups in total. The van der Waals surface area contributed by atoms with E-state index in [9.17, 15) is 9.59 Å². The van der Waals surface area contributed by atoms with Crippen molar-refractivity contribution in [3.05, 3.63) is 48.0 Å². The standard InChI is InChI=1S/C16H21N5O2/c1-2-7-19-16(17)20-10-12-3-5-13(6-4-12)15(23)21-9-8-18-14(22)11-21/h2-6H,1,7-11H2,(H,18,22)(H3,17,19,20). The zero-order chi connectivity index (χ0) is 16.7. The zero-order valence-corrected chi connectivity index (χ0v) is 12.9. The van der Waals surface area contributed by atoms with Crippen molar-refractivity contribution in [3.8, 4) is 0 Å². The molecule has 122 valence electrons. The summed E-state index contributed by atoms with van der Waals surface area (Å²) in [6.07, 6.45) is 1.70. The van der Waals surface area contributed by atoms with Crippen molar-refractivity contribution >= 4 is 17.8 Å². The van der Waals surface area contributed by atoms with Gasteiger partial charge in [0.2, 0.25) is 5.91 Å². The number of guanidine groups is 1. The van der Waals surface area contributed by atoms with Crippen molar-refractivity contribution in [2.75, 3.05) is 26.2 Å². The topological polar surface area (TPSA) is 99.8 Å². The van der Waals surface area contributed by atoms with E-state index in [1.807, 2.05) is 12.1 Å². The average Bonchev–Trinajstić information content (AvgIpc) is 2.58. The Bertz CT molecular complexity index is 609. The summed E-state index contributed by atoms with van der Waals surface area (Å²) in [5, 5.41) is 5.59. The molecule has 1 aliphatic heterocycles. The molecule has 2 rings (SSSR count). The van der Waals surface area contributed by atoms with Crippen LogP contribution < -0.4 is 16.4 Å². The smallest absolute Gasteiger partial charge is 0.254 e. The quantitative estimate of drug-likeness (QED) is 0.400. The number of piperazine rings is 1. The van der Waals surface area contributed by atoms with Crippen molar-refractivity contribution in [1.29, 1.82) is 0 Å². The van der Waals surface area contributed by atoms with Gasteiger partial charge >= 0.3 is 0 Å². The highest BCUT2D eigenvalue weighted by Crippen LogP contribution is 2.09. The second-order valence-corrected chi connectivity index (χ2v) is 5.14. The second-order valence-electron chi connectivity index (χ2n) is 5.14. The van der Waals surface area contributed by atoms with Crippen LogP contribution in [-0.4, -0.2) is 48.9 Å². The van der Waals surface area contributed by atoms with E-state index in [2.05, 4.69) is 22.2 Å². The number of hydrogen-bond acceptors (Lipinski definition) is 3. The van der Waals surface area contributed by atoms with Gasteiger partial charge in [0.25, 0.3) is 5.91 Å². The molecule has 1 heterocycles. The molecule has 0 atom stereocenters. The molecular weight excluding hydrogens is 294 g/mol. The summed E-state index contributed by atoms with van der Waals surface area (Å²) in [6.45, 7) is 5.71. The fourth-order valence-electron chi connectivity index (χ4n) is 2.16. The van der Waals surface area contributed by atoms with Gasteiger partial charge in [0.1, 0.15) is 0 Å². The Morgan fingerprint density at radius 3 is 2.83 bits per heavy atom. The van der Waals surface area contributed by atoms with Crippen LogP contribution >= 0.6 is 0 Å². The van der Waals surface area contributed by atoms with Crippen LogP contribution in [0.25, 0.3) is 0 Å². The van der Waals surface area contributed by atoms with Crippen molar-refractivity contribution in [2.24, 2.45) is 10.7 Å². The largest absolute Gasteiger partial charge is 0.370 e. The molecule has 2 amide bonds. The van der Waals surface area contributed by atoms with Crippen molar-refractivity contribution in [2.45, 2.75) is 6.54 Å². The summed E-state index contributed by atoms with van der Waals surface area (Å²) < 4.78 is 0. The maximum atomic E-state index is 12.3. The zero-order valence-electron chi connectivity index (χ0n) is 12.9. The maximum absolute atomic E-state index is 12.3. The first-order chi connectivity index (χ1) is 11.1. The van der Waals surface area contributed by atoms with Gasteiger partial charge < -0.3 is 21.3 Å². The highest BCUT2D eigenvalue weighted by atomic mass is 16.2. The van der Waals surface area contributed by atoms with Crippen LogP contribution in [0.15, 0.2) is 41.9 Å². The summed E-state index contributed by atoms with van der Waals surface area (Å²) >= 11 is 0. The van der Waals surface area contributed by atoms with E-state index in [1.54, 1.807) is 23.1 Å². The predicted octanol–water partition coefficient (Wildman–Crippen LogP) is -0.151. The van der Waals surface area contributed by atoms with Crippen LogP contribution in [0.1, 0.15) is 15.9 Å². The Kier molecular flexibility index (Phi) is 5.74. The predicted molar refractivity (Wildman–Crippen MR) is 88.9 cm³/mol. The van der Waals surface area contributed by atoms with Crippen LogP contribution in [0.5, 0.6) is 0 Å². The normalized spacial score (nSPS) is 15.0. The monoisotopic (exact) mass is 315 g/mol. The van der Waals surface area contributed by atoms with Gasteiger partial charge in [-0.1, -0.05) is 18.2 Å². The molecule has 0 radical (unpaired) electrons. The van der Waals surface area contributed by atoms with Gasteiger partial charge in [-0.3, -0.25) is 9.59 Å². The van der Waals surface area contributed by atoms with E-state index < -0.39 is 0 Å². The molecule has 1 aromatic rings. The molecule has 0 unspecified atom stereocenters. The third-order valence-electron chi connectivity index (χ3n) is 3.39. The van der Waals surface area contributed by atoms with Gasteiger partial charge in [-0.2, -0.15) is 0 Å². The molecule has 0 spiro atoms. The van der Waals surface area contributed by atoms with Crippen molar-refractivity contribution in [3.63, 3.8) is 0 Å². The molecule has 0 saturated carbocycles. The van der Waals surface area contributed by atoms with E-state index in [1.165, 1.54) is 0 Å². The number of carbonyl (C=O) groups excluding carboxylic acids is 2. The number of aliphatic imine (C=N–C) groups is 1. The summed E-state index contributed by atoms with van der Waals surface area (Å²) in [4.78, 5) is 29.4. The first-order valence-corrected chi connectivity index (χ1v) is 7.39. The summed E-state index contributed by atoms with van der Waals surface area (Å²) in [5.74, 6) is 0.0875. The highest BCUT2D eigenvalue weighted by Gasteiger charge is 2.21. The van der Waals surface area contributed by atoms with E-state index in [0.717, 1.165) is 5.56 Å². The lowest BCUT2D eigenvalue weighted by Gasteiger charge is -2.26. The second kappa shape index (κ2) is 7.98. The number of rotatable bonds is 5. The Morgan fingerprint density at radius 2 is 2.17 bits per heavy atom. The molecular formula is C16H21N5O2. The van der Waals surface area contributed by atoms with E-state index >= 15 is 0 Å². The molecule has 1 aliphatic rings. The fraction of sp³-hybridized carbons (Fsp3) is 0.312. The lowest BCUT2D eigenvalue weighted by molar-refractivity contribution is -0.123. The van der Waals surface area contributed by atoms with Gasteiger partial charge in [0, 0.05) is 25.2 Å². The Balaban J connectivity index is 1.94. The minimum atomic E-state index is -0.137. The molecule has 1 aromatic carbocycles. The molecule has 1 fully saturated rings. The first-order valence-electron chi connectivity index (χ1n) is 7.39. The maximum Gasteiger partial charge on any atom is 0.254 e. The minimum Gasteiger partial charge on any atom is -0.370 e. The van der Waals surface area contributed by atoms with Gasteiger partial charge in [0.15, 0.2) is 5.96 Å². The molecule has 23 heavy (non-hydrogen) atoms. The summed E-state index contributed by atoms with van der Waals surface area (Å²) in [7, 11) is 0. The highest BCUT2D eigenvalue weighted by molar-refractivity contribution is 5.97. The SMILES string of the molecule is C=CCNC(N)=NCc1ccc(C(=O)N2CCNC(=O)C2)cc1. The van der Waals surface area contributed by atoms with Crippen LogP contribution in [0, 0.1) is 0 Å². The molecule has 7 heteroatoms. The van der Waals surface area contributed by atoms with Crippen molar-refractivity contribution < 1.29 is 9.59 Å². The number of nitrogens with zero attached hydrogens (tertiary/aromatic N) is 2. The summed E-state index contributed by atoms with van der Waals surface area (Å²) in [6, 6.07) is 7.16. The van der Waals surface area contributed by atoms with E-state index in [0.29, 0.717) is 37.7 Å². The van der Waals surface area contributed by atoms with Crippen LogP contribution in [-0.2, 0) is 11.3 Å². The number of hydrogen-bond donors (Lipinski definition) is 3. The van der Waals surface area contributed by atoms with Gasteiger partial charge in [-0.15, -0.1) is 6.58 Å². The Morgan fingerprint density at radius 1 is 1.43 bits per heavy atom. The van der Waals surface area contributed by atoms with Gasteiger partial charge in [0.05, 0.1) is 13.1 Å². The Labute approximate surface area is 135 Å². The first kappa shape index (κ1) is 16.5. The van der Waals surface area contributed by atoms with Crippen LogP contribution in [0.3, 0.4) is 0 Å². The molecule has 7 nitrogen and oxygen atoms in total. The number of benzene rings is 1. The summed E-state index contributed by atoms with van der Waals surface area (Å²) in [5.41, 5.74) is 7.19. The molecule has 0 bridgehead atoms. The van der Waals surface area contributed by atoms with E-state index in [-0.39, 0.29) is 18.4 Å². The fourth-order valence-corrected chi connectivity index (χ4v) is 2.16. The number of nitrogens with two attached hydrogens (primary N) is 1. The Hall–Kier alpha value is -2.83. The van der Waals surface area contributed by atoms with Gasteiger partial charge in [-0.05, 0) is 17.7 Å². The van der Waals surface area contributed by atoms with Crippen LogP contribution in [0.2, 0.25) is 0 Å². The number of carbonyl (C=O) groups is 2. The lowest BCUT2D eigenvalue weighted by Crippen LogP contribution is -2.49. The third-order valence-corrected chi connectivity index (χ3v) is 3.39. The molecule has 1 saturated heterocycles.